The topological polar surface area (TPSA) is 42.2 Å². The molecule has 0 aliphatic heterocycles. The monoisotopic (exact) mass is 299 g/mol. The van der Waals surface area contributed by atoms with Gasteiger partial charge in [0.25, 0.3) is 0 Å². The maximum absolute atomic E-state index is 11.9. The average molecular weight is 299 g/mol. The van der Waals surface area contributed by atoms with Crippen LogP contribution in [0.25, 0.3) is 11.0 Å². The van der Waals surface area contributed by atoms with Crippen LogP contribution < -0.4 is 10.9 Å². The van der Waals surface area contributed by atoms with Gasteiger partial charge in [0, 0.05) is 24.0 Å². The van der Waals surface area contributed by atoms with Crippen molar-refractivity contribution in [2.45, 2.75) is 59.0 Å². The Kier molecular flexibility index (Phi) is 4.34. The van der Waals surface area contributed by atoms with E-state index in [4.69, 9.17) is 4.42 Å². The molecule has 22 heavy (non-hydrogen) atoms. The summed E-state index contributed by atoms with van der Waals surface area (Å²) in [4.78, 5) is 11.9. The number of aryl methyl sites for hydroxylation is 2. The van der Waals surface area contributed by atoms with Crippen molar-refractivity contribution in [3.8, 4) is 0 Å². The first kappa shape index (κ1) is 15.3. The molecule has 118 valence electrons. The Bertz CT molecular complexity index is 732. The number of rotatable bonds is 3. The van der Waals surface area contributed by atoms with E-state index in [9.17, 15) is 4.79 Å². The van der Waals surface area contributed by atoms with Gasteiger partial charge in [-0.05, 0) is 49.3 Å². The van der Waals surface area contributed by atoms with Gasteiger partial charge in [0.1, 0.15) is 5.58 Å². The molecule has 3 rings (SSSR count). The van der Waals surface area contributed by atoms with Gasteiger partial charge >= 0.3 is 5.63 Å². The van der Waals surface area contributed by atoms with Gasteiger partial charge in [-0.25, -0.2) is 4.79 Å². The van der Waals surface area contributed by atoms with E-state index < -0.39 is 0 Å². The molecule has 1 aromatic heterocycles. The van der Waals surface area contributed by atoms with Gasteiger partial charge in [0.2, 0.25) is 0 Å². The minimum atomic E-state index is -0.255. The minimum absolute atomic E-state index is 0.255. The molecule has 0 saturated heterocycles. The Hall–Kier alpha value is -1.61. The molecule has 0 spiro atoms. The van der Waals surface area contributed by atoms with Crippen molar-refractivity contribution in [3.63, 3.8) is 0 Å². The summed E-state index contributed by atoms with van der Waals surface area (Å²) in [6.07, 6.45) is 5.18. The predicted octanol–water partition coefficient (Wildman–Crippen LogP) is 4.08. The van der Waals surface area contributed by atoms with Crippen molar-refractivity contribution >= 4 is 11.0 Å². The quantitative estimate of drug-likeness (QED) is 0.868. The lowest BCUT2D eigenvalue weighted by atomic mass is 9.86. The van der Waals surface area contributed by atoms with Crippen LogP contribution in [-0.2, 0) is 6.54 Å². The van der Waals surface area contributed by atoms with Crippen LogP contribution in [0.3, 0.4) is 0 Å². The zero-order chi connectivity index (χ0) is 15.7. The molecule has 3 heteroatoms. The summed E-state index contributed by atoms with van der Waals surface area (Å²) in [5.41, 5.74) is 3.74. The average Bonchev–Trinajstić information content (AvgIpc) is 2.50. The van der Waals surface area contributed by atoms with Gasteiger partial charge in [-0.15, -0.1) is 0 Å². The standard InChI is InChI=1S/C19H25NO2/c1-12-8-9-16-15(10-18(21)22-19(16)14(12)3)11-20-17-7-5-4-6-13(17)2/h8-10,13,17,20H,4-7,11H2,1-3H3/t13-,17+/m1/s1. The van der Waals surface area contributed by atoms with E-state index in [0.717, 1.165) is 34.2 Å². The molecule has 1 aliphatic carbocycles. The van der Waals surface area contributed by atoms with Crippen molar-refractivity contribution in [2.24, 2.45) is 5.92 Å². The molecule has 0 bridgehead atoms. The largest absolute Gasteiger partial charge is 0.422 e. The molecule has 1 aliphatic rings. The third-order valence-corrected chi connectivity index (χ3v) is 5.18. The van der Waals surface area contributed by atoms with Crippen LogP contribution >= 0.6 is 0 Å². The lowest BCUT2D eigenvalue weighted by Crippen LogP contribution is -2.36. The number of fused-ring (bicyclic) bond motifs is 1. The smallest absolute Gasteiger partial charge is 0.336 e. The van der Waals surface area contributed by atoms with Crippen LogP contribution in [0.15, 0.2) is 27.4 Å². The Morgan fingerprint density at radius 3 is 2.77 bits per heavy atom. The highest BCUT2D eigenvalue weighted by molar-refractivity contribution is 5.83. The second-order valence-electron chi connectivity index (χ2n) is 6.72. The zero-order valence-electron chi connectivity index (χ0n) is 13.7. The van der Waals surface area contributed by atoms with Gasteiger partial charge in [0.15, 0.2) is 0 Å². The minimum Gasteiger partial charge on any atom is -0.422 e. The molecule has 0 amide bonds. The number of hydrogen-bond acceptors (Lipinski definition) is 3. The third kappa shape index (κ3) is 2.95. The SMILES string of the molecule is Cc1ccc2c(CN[C@H]3CCCC[C@H]3C)cc(=O)oc2c1C. The second-order valence-corrected chi connectivity index (χ2v) is 6.72. The fourth-order valence-corrected chi connectivity index (χ4v) is 3.53. The van der Waals surface area contributed by atoms with E-state index in [1.807, 2.05) is 13.8 Å². The maximum atomic E-state index is 11.9. The number of benzene rings is 1. The van der Waals surface area contributed by atoms with Gasteiger partial charge in [0.05, 0.1) is 0 Å². The van der Waals surface area contributed by atoms with Crippen molar-refractivity contribution < 1.29 is 4.42 Å². The molecule has 1 fully saturated rings. The first-order valence-corrected chi connectivity index (χ1v) is 8.32. The molecule has 3 nitrogen and oxygen atoms in total. The maximum Gasteiger partial charge on any atom is 0.336 e. The van der Waals surface area contributed by atoms with Gasteiger partial charge < -0.3 is 9.73 Å². The van der Waals surface area contributed by atoms with Crippen LogP contribution in [-0.4, -0.2) is 6.04 Å². The van der Waals surface area contributed by atoms with Crippen LogP contribution in [0.2, 0.25) is 0 Å². The summed E-state index contributed by atoms with van der Waals surface area (Å²) in [6.45, 7) is 7.12. The van der Waals surface area contributed by atoms with Crippen molar-refractivity contribution in [1.82, 2.24) is 5.32 Å². The summed E-state index contributed by atoms with van der Waals surface area (Å²) >= 11 is 0. The van der Waals surface area contributed by atoms with Crippen LogP contribution in [0.1, 0.15) is 49.3 Å². The number of nitrogens with one attached hydrogen (secondary N) is 1. The summed E-state index contributed by atoms with van der Waals surface area (Å²) in [5, 5.41) is 4.71. The van der Waals surface area contributed by atoms with Crippen LogP contribution in [0.4, 0.5) is 0 Å². The van der Waals surface area contributed by atoms with Gasteiger partial charge in [-0.3, -0.25) is 0 Å². The van der Waals surface area contributed by atoms with Gasteiger partial charge in [-0.2, -0.15) is 0 Å². The Balaban J connectivity index is 1.90. The van der Waals surface area contributed by atoms with Crippen molar-refractivity contribution in [3.05, 3.63) is 45.3 Å². The van der Waals surface area contributed by atoms with E-state index in [1.165, 1.54) is 25.7 Å². The first-order chi connectivity index (χ1) is 10.6. The first-order valence-electron chi connectivity index (χ1n) is 8.32. The van der Waals surface area contributed by atoms with E-state index in [1.54, 1.807) is 6.07 Å². The molecule has 2 aromatic rings. The van der Waals surface area contributed by atoms with Crippen LogP contribution in [0, 0.1) is 19.8 Å². The highest BCUT2D eigenvalue weighted by Crippen LogP contribution is 2.26. The predicted molar refractivity (Wildman–Crippen MR) is 90.2 cm³/mol. The molecule has 1 N–H and O–H groups in total. The van der Waals surface area contributed by atoms with E-state index in [2.05, 4.69) is 24.4 Å². The molecule has 1 heterocycles. The molecule has 2 atom stereocenters. The second kappa shape index (κ2) is 6.25. The van der Waals surface area contributed by atoms with E-state index in [0.29, 0.717) is 12.0 Å². The molecular weight excluding hydrogens is 274 g/mol. The third-order valence-electron chi connectivity index (χ3n) is 5.18. The molecule has 1 saturated carbocycles. The lowest BCUT2D eigenvalue weighted by Gasteiger charge is -2.29. The highest BCUT2D eigenvalue weighted by Gasteiger charge is 2.21. The van der Waals surface area contributed by atoms with E-state index >= 15 is 0 Å². The Labute approximate surface area is 131 Å². The molecule has 0 radical (unpaired) electrons. The van der Waals surface area contributed by atoms with Crippen molar-refractivity contribution in [1.29, 1.82) is 0 Å². The lowest BCUT2D eigenvalue weighted by molar-refractivity contribution is 0.279. The number of hydrogen-bond donors (Lipinski definition) is 1. The fraction of sp³-hybridized carbons (Fsp3) is 0.526. The normalized spacial score (nSPS) is 22.1. The zero-order valence-corrected chi connectivity index (χ0v) is 13.7. The van der Waals surface area contributed by atoms with E-state index in [-0.39, 0.29) is 5.63 Å². The summed E-state index contributed by atoms with van der Waals surface area (Å²) in [7, 11) is 0. The summed E-state index contributed by atoms with van der Waals surface area (Å²) in [6, 6.07) is 6.37. The molecular formula is C19H25NO2. The van der Waals surface area contributed by atoms with Gasteiger partial charge in [-0.1, -0.05) is 31.9 Å². The highest BCUT2D eigenvalue weighted by atomic mass is 16.4. The molecule has 1 aromatic carbocycles. The Morgan fingerprint density at radius 1 is 1.23 bits per heavy atom. The fourth-order valence-electron chi connectivity index (χ4n) is 3.53. The van der Waals surface area contributed by atoms with Crippen molar-refractivity contribution in [2.75, 3.05) is 0 Å². The summed E-state index contributed by atoms with van der Waals surface area (Å²) < 4.78 is 5.44. The molecule has 0 unspecified atom stereocenters. The summed E-state index contributed by atoms with van der Waals surface area (Å²) in [5.74, 6) is 0.712. The van der Waals surface area contributed by atoms with Crippen LogP contribution in [0.5, 0.6) is 0 Å². The Morgan fingerprint density at radius 2 is 2.00 bits per heavy atom.